The molecule has 1 N–H and O–H groups in total. The molecule has 0 unspecified atom stereocenters. The van der Waals surface area contributed by atoms with Gasteiger partial charge in [-0.15, -0.1) is 0 Å². The Morgan fingerprint density at radius 1 is 1.13 bits per heavy atom. The van der Waals surface area contributed by atoms with Crippen molar-refractivity contribution in [3.63, 3.8) is 0 Å². The van der Waals surface area contributed by atoms with E-state index in [-0.39, 0.29) is 6.04 Å². The summed E-state index contributed by atoms with van der Waals surface area (Å²) in [5, 5.41) is 5.43. The SMILES string of the molecule is C[C@H]([C]=O)Nc1ccc2ccccc2c1. The van der Waals surface area contributed by atoms with Gasteiger partial charge in [0.1, 0.15) is 0 Å². The molecule has 0 saturated heterocycles. The van der Waals surface area contributed by atoms with E-state index in [0.29, 0.717) is 0 Å². The van der Waals surface area contributed by atoms with E-state index < -0.39 is 0 Å². The second kappa shape index (κ2) is 4.13. The number of rotatable bonds is 3. The molecule has 0 spiro atoms. The smallest absolute Gasteiger partial charge is 0.222 e. The van der Waals surface area contributed by atoms with Gasteiger partial charge in [-0.05, 0) is 29.8 Å². The van der Waals surface area contributed by atoms with E-state index in [1.165, 1.54) is 10.8 Å². The third-order valence-electron chi connectivity index (χ3n) is 2.31. The number of nitrogens with one attached hydrogen (secondary N) is 1. The molecule has 1 atom stereocenters. The lowest BCUT2D eigenvalue weighted by Crippen LogP contribution is -2.15. The van der Waals surface area contributed by atoms with E-state index in [4.69, 9.17) is 0 Å². The molecular weight excluding hydrogens is 186 g/mol. The van der Waals surface area contributed by atoms with Gasteiger partial charge in [-0.25, -0.2) is 0 Å². The van der Waals surface area contributed by atoms with Gasteiger partial charge in [0.05, 0.1) is 6.04 Å². The van der Waals surface area contributed by atoms with Gasteiger partial charge in [0.15, 0.2) is 0 Å². The minimum Gasteiger partial charge on any atom is -0.375 e. The molecule has 0 amide bonds. The van der Waals surface area contributed by atoms with Crippen molar-refractivity contribution in [2.45, 2.75) is 13.0 Å². The van der Waals surface area contributed by atoms with Crippen LogP contribution >= 0.6 is 0 Å². The molecule has 1 radical (unpaired) electrons. The minimum atomic E-state index is -0.272. The Morgan fingerprint density at radius 3 is 2.60 bits per heavy atom. The fourth-order valence-electron chi connectivity index (χ4n) is 1.56. The summed E-state index contributed by atoms with van der Waals surface area (Å²) in [6.07, 6.45) is 1.90. The molecule has 2 rings (SSSR count). The molecule has 2 aromatic rings. The van der Waals surface area contributed by atoms with Crippen LogP contribution in [0.1, 0.15) is 6.92 Å². The van der Waals surface area contributed by atoms with E-state index in [1.807, 2.05) is 36.6 Å². The van der Waals surface area contributed by atoms with Crippen molar-refractivity contribution < 1.29 is 4.79 Å². The Hall–Kier alpha value is -1.83. The van der Waals surface area contributed by atoms with Crippen LogP contribution in [-0.4, -0.2) is 12.3 Å². The first-order valence-electron chi connectivity index (χ1n) is 4.92. The maximum absolute atomic E-state index is 10.4. The van der Waals surface area contributed by atoms with Gasteiger partial charge in [0.25, 0.3) is 0 Å². The Morgan fingerprint density at radius 2 is 1.87 bits per heavy atom. The zero-order chi connectivity index (χ0) is 10.7. The molecule has 0 aliphatic carbocycles. The topological polar surface area (TPSA) is 29.1 Å². The highest BCUT2D eigenvalue weighted by molar-refractivity contribution is 5.86. The number of carbonyl (C=O) groups excluding carboxylic acids is 1. The highest BCUT2D eigenvalue weighted by Gasteiger charge is 2.00. The van der Waals surface area contributed by atoms with Crippen molar-refractivity contribution >= 4 is 22.7 Å². The molecule has 0 saturated carbocycles. The number of hydrogen-bond donors (Lipinski definition) is 1. The fraction of sp³-hybridized carbons (Fsp3) is 0.154. The molecule has 2 nitrogen and oxygen atoms in total. The second-order valence-electron chi connectivity index (χ2n) is 3.55. The molecule has 2 heteroatoms. The van der Waals surface area contributed by atoms with Gasteiger partial charge < -0.3 is 5.32 Å². The van der Waals surface area contributed by atoms with Crippen molar-refractivity contribution in [2.75, 3.05) is 5.32 Å². The summed E-state index contributed by atoms with van der Waals surface area (Å²) in [5.74, 6) is 0. The van der Waals surface area contributed by atoms with Crippen molar-refractivity contribution in [2.24, 2.45) is 0 Å². The predicted molar refractivity (Wildman–Crippen MR) is 62.7 cm³/mol. The average Bonchev–Trinajstić information content (AvgIpc) is 2.29. The van der Waals surface area contributed by atoms with Gasteiger partial charge >= 0.3 is 0 Å². The Labute approximate surface area is 88.9 Å². The van der Waals surface area contributed by atoms with Gasteiger partial charge in [-0.1, -0.05) is 30.3 Å². The van der Waals surface area contributed by atoms with Gasteiger partial charge in [0.2, 0.25) is 6.29 Å². The summed E-state index contributed by atoms with van der Waals surface area (Å²) in [5.41, 5.74) is 0.949. The van der Waals surface area contributed by atoms with Crippen LogP contribution in [0.4, 0.5) is 5.69 Å². The normalized spacial score (nSPS) is 12.3. The molecule has 0 aromatic heterocycles. The van der Waals surface area contributed by atoms with Crippen LogP contribution in [0.15, 0.2) is 42.5 Å². The highest BCUT2D eigenvalue weighted by Crippen LogP contribution is 2.18. The van der Waals surface area contributed by atoms with Crippen LogP contribution < -0.4 is 5.32 Å². The van der Waals surface area contributed by atoms with Crippen LogP contribution in [0.2, 0.25) is 0 Å². The lowest BCUT2D eigenvalue weighted by atomic mass is 10.1. The first kappa shape index (κ1) is 9.71. The molecule has 0 fully saturated rings. The van der Waals surface area contributed by atoms with Gasteiger partial charge in [-0.2, -0.15) is 0 Å². The summed E-state index contributed by atoms with van der Waals surface area (Å²) in [6.45, 7) is 1.78. The summed E-state index contributed by atoms with van der Waals surface area (Å²) >= 11 is 0. The Balaban J connectivity index is 2.34. The van der Waals surface area contributed by atoms with E-state index in [2.05, 4.69) is 17.4 Å². The molecule has 2 aromatic carbocycles. The van der Waals surface area contributed by atoms with E-state index in [0.717, 1.165) is 5.69 Å². The minimum absolute atomic E-state index is 0.272. The first-order chi connectivity index (χ1) is 7.29. The summed E-state index contributed by atoms with van der Waals surface area (Å²) in [7, 11) is 0. The van der Waals surface area contributed by atoms with Gasteiger partial charge in [0, 0.05) is 5.69 Å². The number of anilines is 1. The largest absolute Gasteiger partial charge is 0.375 e. The number of fused-ring (bicyclic) bond motifs is 1. The molecule has 0 aliphatic rings. The van der Waals surface area contributed by atoms with Crippen LogP contribution in [0, 0.1) is 0 Å². The third-order valence-corrected chi connectivity index (χ3v) is 2.31. The third kappa shape index (κ3) is 2.15. The maximum atomic E-state index is 10.4. The van der Waals surface area contributed by atoms with Crippen LogP contribution in [0.25, 0.3) is 10.8 Å². The van der Waals surface area contributed by atoms with E-state index >= 15 is 0 Å². The highest BCUT2D eigenvalue weighted by atomic mass is 16.1. The van der Waals surface area contributed by atoms with Crippen molar-refractivity contribution in [3.05, 3.63) is 42.5 Å². The fourth-order valence-corrected chi connectivity index (χ4v) is 1.56. The van der Waals surface area contributed by atoms with E-state index in [1.54, 1.807) is 6.92 Å². The first-order valence-corrected chi connectivity index (χ1v) is 4.92. The molecule has 0 bridgehead atoms. The molecule has 15 heavy (non-hydrogen) atoms. The Bertz CT molecular complexity index is 479. The average molecular weight is 198 g/mol. The molecular formula is C13H12NO. The standard InChI is InChI=1S/C13H12NO/c1-10(9-15)14-13-7-6-11-4-2-3-5-12(11)8-13/h2-8,10,14H,1H3/t10-/m1/s1. The summed E-state index contributed by atoms with van der Waals surface area (Å²) in [6, 6.07) is 13.9. The quantitative estimate of drug-likeness (QED) is 0.821. The van der Waals surface area contributed by atoms with Gasteiger partial charge in [-0.3, -0.25) is 4.79 Å². The number of benzene rings is 2. The van der Waals surface area contributed by atoms with Crippen molar-refractivity contribution in [1.82, 2.24) is 0 Å². The zero-order valence-electron chi connectivity index (χ0n) is 8.53. The predicted octanol–water partition coefficient (Wildman–Crippen LogP) is 2.75. The lowest BCUT2D eigenvalue weighted by molar-refractivity contribution is 0.549. The lowest BCUT2D eigenvalue weighted by Gasteiger charge is -2.08. The second-order valence-corrected chi connectivity index (χ2v) is 3.55. The van der Waals surface area contributed by atoms with Crippen LogP contribution in [0.3, 0.4) is 0 Å². The summed E-state index contributed by atoms with van der Waals surface area (Å²) in [4.78, 5) is 10.4. The molecule has 75 valence electrons. The zero-order valence-corrected chi connectivity index (χ0v) is 8.53. The van der Waals surface area contributed by atoms with Crippen LogP contribution in [-0.2, 0) is 4.79 Å². The maximum Gasteiger partial charge on any atom is 0.222 e. The van der Waals surface area contributed by atoms with Crippen LogP contribution in [0.5, 0.6) is 0 Å². The van der Waals surface area contributed by atoms with Crippen molar-refractivity contribution in [1.29, 1.82) is 0 Å². The monoisotopic (exact) mass is 198 g/mol. The summed E-state index contributed by atoms with van der Waals surface area (Å²) < 4.78 is 0. The Kier molecular flexibility index (Phi) is 2.68. The molecule has 0 heterocycles. The number of hydrogen-bond acceptors (Lipinski definition) is 2. The molecule has 0 aliphatic heterocycles. The van der Waals surface area contributed by atoms with Crippen molar-refractivity contribution in [3.8, 4) is 0 Å². The van der Waals surface area contributed by atoms with E-state index in [9.17, 15) is 4.79 Å².